The third-order valence-electron chi connectivity index (χ3n) is 4.74. The first kappa shape index (κ1) is 16.4. The Balaban J connectivity index is 0.00000156. The molecule has 2 saturated heterocycles. The zero-order chi connectivity index (χ0) is 14.9. The molecule has 1 amide bonds. The van der Waals surface area contributed by atoms with Crippen molar-refractivity contribution >= 4 is 18.3 Å². The second kappa shape index (κ2) is 6.95. The van der Waals surface area contributed by atoms with E-state index in [-0.39, 0.29) is 25.1 Å². The predicted octanol–water partition coefficient (Wildman–Crippen LogP) is 0.957. The summed E-state index contributed by atoms with van der Waals surface area (Å²) in [5, 5.41) is 3.37. The Bertz CT molecular complexity index is 578. The van der Waals surface area contributed by atoms with E-state index in [0.29, 0.717) is 17.4 Å². The Kier molecular flexibility index (Phi) is 4.94. The van der Waals surface area contributed by atoms with Gasteiger partial charge >= 0.3 is 0 Å². The van der Waals surface area contributed by atoms with E-state index in [1.54, 1.807) is 6.07 Å². The normalized spacial score (nSPS) is 23.7. The van der Waals surface area contributed by atoms with E-state index >= 15 is 0 Å². The molecule has 0 spiro atoms. The van der Waals surface area contributed by atoms with Crippen LogP contribution in [0, 0.1) is 0 Å². The zero-order valence-electron chi connectivity index (χ0n) is 13.0. The van der Waals surface area contributed by atoms with Crippen LogP contribution in [-0.4, -0.2) is 67.8 Å². The summed E-state index contributed by atoms with van der Waals surface area (Å²) < 4.78 is 10.7. The number of nitrogens with one attached hydrogen (secondary N) is 1. The molecule has 0 aromatic heterocycles. The third kappa shape index (κ3) is 3.24. The Hall–Kier alpha value is -1.50. The van der Waals surface area contributed by atoms with E-state index < -0.39 is 0 Å². The molecule has 1 aromatic rings. The third-order valence-corrected chi connectivity index (χ3v) is 4.74. The number of ether oxygens (including phenoxy) is 2. The first-order valence-electron chi connectivity index (χ1n) is 7.95. The molecule has 1 unspecified atom stereocenters. The minimum atomic E-state index is 0. The minimum Gasteiger partial charge on any atom is -0.454 e. The largest absolute Gasteiger partial charge is 0.454 e. The number of hydrogen-bond donors (Lipinski definition) is 1. The smallest absolute Gasteiger partial charge is 0.254 e. The van der Waals surface area contributed by atoms with Crippen LogP contribution in [-0.2, 0) is 0 Å². The maximum Gasteiger partial charge on any atom is 0.254 e. The molecule has 126 valence electrons. The summed E-state index contributed by atoms with van der Waals surface area (Å²) in [5.41, 5.74) is 0.685. The summed E-state index contributed by atoms with van der Waals surface area (Å²) in [6, 6.07) is 5.94. The lowest BCUT2D eigenvalue weighted by Crippen LogP contribution is -2.49. The van der Waals surface area contributed by atoms with Crippen molar-refractivity contribution < 1.29 is 14.3 Å². The van der Waals surface area contributed by atoms with Gasteiger partial charge in [0.25, 0.3) is 5.91 Å². The lowest BCUT2D eigenvalue weighted by atomic mass is 10.1. The van der Waals surface area contributed by atoms with Gasteiger partial charge in [0.2, 0.25) is 6.79 Å². The molecule has 0 radical (unpaired) electrons. The van der Waals surface area contributed by atoms with Gasteiger partial charge in [0.15, 0.2) is 11.5 Å². The van der Waals surface area contributed by atoms with Crippen molar-refractivity contribution in [1.82, 2.24) is 15.1 Å². The Morgan fingerprint density at radius 2 is 1.91 bits per heavy atom. The van der Waals surface area contributed by atoms with Crippen LogP contribution in [0.5, 0.6) is 11.5 Å². The van der Waals surface area contributed by atoms with Gasteiger partial charge in [-0.3, -0.25) is 9.69 Å². The molecular formula is C16H22ClN3O3. The molecule has 6 nitrogen and oxygen atoms in total. The number of carbonyl (C=O) groups excluding carboxylic acids is 1. The van der Waals surface area contributed by atoms with Crippen LogP contribution >= 0.6 is 12.4 Å². The van der Waals surface area contributed by atoms with Crippen LogP contribution in [0.15, 0.2) is 18.2 Å². The molecule has 2 fully saturated rings. The van der Waals surface area contributed by atoms with Crippen molar-refractivity contribution in [2.75, 3.05) is 46.1 Å². The van der Waals surface area contributed by atoms with Gasteiger partial charge in [0.1, 0.15) is 0 Å². The molecule has 1 N–H and O–H groups in total. The molecule has 0 bridgehead atoms. The van der Waals surface area contributed by atoms with E-state index in [0.717, 1.165) is 51.4 Å². The number of amides is 1. The summed E-state index contributed by atoms with van der Waals surface area (Å²) in [5.74, 6) is 1.48. The fraction of sp³-hybridized carbons (Fsp3) is 0.562. The van der Waals surface area contributed by atoms with Crippen LogP contribution in [0.25, 0.3) is 0 Å². The van der Waals surface area contributed by atoms with E-state index in [2.05, 4.69) is 10.2 Å². The minimum absolute atomic E-state index is 0. The highest BCUT2D eigenvalue weighted by atomic mass is 35.5. The number of rotatable bonds is 2. The number of piperazine rings is 1. The van der Waals surface area contributed by atoms with Gasteiger partial charge in [0, 0.05) is 50.9 Å². The summed E-state index contributed by atoms with van der Waals surface area (Å²) in [6.07, 6.45) is 1.07. The van der Waals surface area contributed by atoms with Gasteiger partial charge in [-0.1, -0.05) is 0 Å². The average molecular weight is 340 g/mol. The fourth-order valence-electron chi connectivity index (χ4n) is 3.48. The number of benzene rings is 1. The van der Waals surface area contributed by atoms with Crippen LogP contribution in [0.4, 0.5) is 0 Å². The molecular weight excluding hydrogens is 318 g/mol. The van der Waals surface area contributed by atoms with Gasteiger partial charge in [-0.25, -0.2) is 0 Å². The van der Waals surface area contributed by atoms with E-state index in [1.165, 1.54) is 0 Å². The van der Waals surface area contributed by atoms with Crippen LogP contribution < -0.4 is 14.8 Å². The highest BCUT2D eigenvalue weighted by Gasteiger charge is 2.31. The van der Waals surface area contributed by atoms with Crippen molar-refractivity contribution in [3.63, 3.8) is 0 Å². The molecule has 0 saturated carbocycles. The molecule has 3 aliphatic rings. The predicted molar refractivity (Wildman–Crippen MR) is 88.6 cm³/mol. The second-order valence-corrected chi connectivity index (χ2v) is 6.05. The molecule has 3 aliphatic heterocycles. The van der Waals surface area contributed by atoms with Gasteiger partial charge in [-0.15, -0.1) is 12.4 Å². The molecule has 0 aliphatic carbocycles. The molecule has 3 heterocycles. The number of fused-ring (bicyclic) bond motifs is 1. The Morgan fingerprint density at radius 1 is 1.13 bits per heavy atom. The van der Waals surface area contributed by atoms with Crippen molar-refractivity contribution in [2.24, 2.45) is 0 Å². The first-order valence-corrected chi connectivity index (χ1v) is 7.95. The number of halogens is 1. The quantitative estimate of drug-likeness (QED) is 0.869. The first-order chi connectivity index (χ1) is 10.8. The summed E-state index contributed by atoms with van der Waals surface area (Å²) in [4.78, 5) is 17.1. The molecule has 1 atom stereocenters. The standard InChI is InChI=1S/C16H21N3O3.ClH/c20-16(12-1-2-14-15(9-12)22-11-21-14)19-6-3-13(10-19)18-7-4-17-5-8-18;/h1-2,9,13,17H,3-8,10-11H2;1H. The van der Waals surface area contributed by atoms with Crippen molar-refractivity contribution in [2.45, 2.75) is 12.5 Å². The monoisotopic (exact) mass is 339 g/mol. The molecule has 1 aromatic carbocycles. The van der Waals surface area contributed by atoms with E-state index in [9.17, 15) is 4.79 Å². The number of carbonyl (C=O) groups is 1. The number of likely N-dealkylation sites (tertiary alicyclic amines) is 1. The van der Waals surface area contributed by atoms with Gasteiger partial charge in [0.05, 0.1) is 0 Å². The van der Waals surface area contributed by atoms with Crippen LogP contribution in [0.2, 0.25) is 0 Å². The average Bonchev–Trinajstić information content (AvgIpc) is 3.23. The van der Waals surface area contributed by atoms with E-state index in [1.807, 2.05) is 17.0 Å². The summed E-state index contributed by atoms with van der Waals surface area (Å²) >= 11 is 0. The molecule has 7 heteroatoms. The highest BCUT2D eigenvalue weighted by Crippen LogP contribution is 2.33. The number of nitrogens with zero attached hydrogens (tertiary/aromatic N) is 2. The van der Waals surface area contributed by atoms with Crippen LogP contribution in [0.1, 0.15) is 16.8 Å². The van der Waals surface area contributed by atoms with E-state index in [4.69, 9.17) is 9.47 Å². The number of hydrogen-bond acceptors (Lipinski definition) is 5. The summed E-state index contributed by atoms with van der Waals surface area (Å²) in [6.45, 7) is 6.16. The molecule has 23 heavy (non-hydrogen) atoms. The van der Waals surface area contributed by atoms with Gasteiger partial charge in [-0.05, 0) is 24.6 Å². The van der Waals surface area contributed by atoms with Gasteiger partial charge in [-0.2, -0.15) is 0 Å². The topological polar surface area (TPSA) is 54.0 Å². The second-order valence-electron chi connectivity index (χ2n) is 6.05. The summed E-state index contributed by atoms with van der Waals surface area (Å²) in [7, 11) is 0. The molecule has 4 rings (SSSR count). The maximum atomic E-state index is 12.7. The van der Waals surface area contributed by atoms with Crippen molar-refractivity contribution in [1.29, 1.82) is 0 Å². The fourth-order valence-corrected chi connectivity index (χ4v) is 3.48. The Morgan fingerprint density at radius 3 is 2.74 bits per heavy atom. The van der Waals surface area contributed by atoms with Crippen molar-refractivity contribution in [3.8, 4) is 11.5 Å². The zero-order valence-corrected chi connectivity index (χ0v) is 13.8. The van der Waals surface area contributed by atoms with Crippen molar-refractivity contribution in [3.05, 3.63) is 23.8 Å². The lowest BCUT2D eigenvalue weighted by Gasteiger charge is -2.32. The van der Waals surface area contributed by atoms with Crippen LogP contribution in [0.3, 0.4) is 0 Å². The maximum absolute atomic E-state index is 12.7. The highest BCUT2D eigenvalue weighted by molar-refractivity contribution is 5.95. The lowest BCUT2D eigenvalue weighted by molar-refractivity contribution is 0.0773. The van der Waals surface area contributed by atoms with Gasteiger partial charge < -0.3 is 19.7 Å². The Labute approximate surface area is 142 Å². The SMILES string of the molecule is Cl.O=C(c1ccc2c(c1)OCO2)N1CCC(N2CCNCC2)C1.